The molecule has 1 amide bonds. The van der Waals surface area contributed by atoms with Gasteiger partial charge in [0, 0.05) is 37.7 Å². The molecule has 0 atom stereocenters. The highest BCUT2D eigenvalue weighted by Gasteiger charge is 2.44. The van der Waals surface area contributed by atoms with Crippen LogP contribution in [-0.4, -0.2) is 51.4 Å². The molecule has 1 aliphatic heterocycles. The van der Waals surface area contributed by atoms with Crippen molar-refractivity contribution in [2.45, 2.75) is 38.0 Å². The Bertz CT molecular complexity index is 768. The molecule has 27 heavy (non-hydrogen) atoms. The van der Waals surface area contributed by atoms with E-state index in [1.54, 1.807) is 12.3 Å². The SMILES string of the molecule is Cc1cccc(CN2CCC(C(=O)NCC(F)(F)F)(n3cccn3)CC2)n1. The number of rotatable bonds is 5. The third-order valence-corrected chi connectivity index (χ3v) is 4.83. The number of hydrogen-bond donors (Lipinski definition) is 1. The first-order valence-corrected chi connectivity index (χ1v) is 8.79. The number of likely N-dealkylation sites (tertiary alicyclic amines) is 1. The molecule has 2 aromatic heterocycles. The number of piperidine rings is 1. The number of pyridine rings is 1. The smallest absolute Gasteiger partial charge is 0.345 e. The maximum Gasteiger partial charge on any atom is 0.405 e. The number of nitrogens with one attached hydrogen (secondary N) is 1. The van der Waals surface area contributed by atoms with E-state index in [4.69, 9.17) is 0 Å². The summed E-state index contributed by atoms with van der Waals surface area (Å²) >= 11 is 0. The number of nitrogens with zero attached hydrogens (tertiary/aromatic N) is 4. The molecule has 0 radical (unpaired) electrons. The van der Waals surface area contributed by atoms with Gasteiger partial charge in [-0.1, -0.05) is 6.07 Å². The average molecular weight is 381 g/mol. The van der Waals surface area contributed by atoms with E-state index in [-0.39, 0.29) is 0 Å². The fourth-order valence-electron chi connectivity index (χ4n) is 3.42. The lowest BCUT2D eigenvalue weighted by Gasteiger charge is -2.40. The van der Waals surface area contributed by atoms with Gasteiger partial charge in [-0.05, 0) is 38.0 Å². The molecule has 1 fully saturated rings. The van der Waals surface area contributed by atoms with Gasteiger partial charge < -0.3 is 5.32 Å². The number of alkyl halides is 3. The van der Waals surface area contributed by atoms with Gasteiger partial charge in [0.15, 0.2) is 0 Å². The minimum atomic E-state index is -4.45. The van der Waals surface area contributed by atoms with Crippen molar-refractivity contribution < 1.29 is 18.0 Å². The zero-order valence-corrected chi connectivity index (χ0v) is 15.0. The molecular weight excluding hydrogens is 359 g/mol. The van der Waals surface area contributed by atoms with E-state index in [1.165, 1.54) is 10.9 Å². The monoisotopic (exact) mass is 381 g/mol. The summed E-state index contributed by atoms with van der Waals surface area (Å²) in [5, 5.41) is 6.18. The van der Waals surface area contributed by atoms with Crippen molar-refractivity contribution in [2.75, 3.05) is 19.6 Å². The molecule has 0 saturated carbocycles. The minimum absolute atomic E-state index is 0.379. The molecule has 0 unspecified atom stereocenters. The normalized spacial score (nSPS) is 17.6. The van der Waals surface area contributed by atoms with Crippen LogP contribution in [0.1, 0.15) is 24.2 Å². The van der Waals surface area contributed by atoms with Crippen LogP contribution in [0.2, 0.25) is 0 Å². The lowest BCUT2D eigenvalue weighted by atomic mass is 9.86. The van der Waals surface area contributed by atoms with Gasteiger partial charge in [0.05, 0.1) is 5.69 Å². The van der Waals surface area contributed by atoms with Crippen molar-refractivity contribution in [3.8, 4) is 0 Å². The second kappa shape index (κ2) is 7.67. The number of aromatic nitrogens is 3. The average Bonchev–Trinajstić information content (AvgIpc) is 3.15. The standard InChI is InChI=1S/C18H22F3N5O/c1-14-4-2-5-15(24-14)12-25-10-6-17(7-11-25,26-9-3-8-23-26)16(27)22-13-18(19,20)21/h2-5,8-9H,6-7,10-13H2,1H3,(H,22,27). The molecule has 1 aliphatic rings. The van der Waals surface area contributed by atoms with Gasteiger partial charge in [0.25, 0.3) is 0 Å². The van der Waals surface area contributed by atoms with Crippen LogP contribution in [0.3, 0.4) is 0 Å². The van der Waals surface area contributed by atoms with Gasteiger partial charge in [0.2, 0.25) is 5.91 Å². The van der Waals surface area contributed by atoms with E-state index in [0.29, 0.717) is 32.5 Å². The minimum Gasteiger partial charge on any atom is -0.345 e. The third-order valence-electron chi connectivity index (χ3n) is 4.83. The lowest BCUT2D eigenvalue weighted by Crippen LogP contribution is -2.56. The van der Waals surface area contributed by atoms with Gasteiger partial charge in [0.1, 0.15) is 12.1 Å². The first kappa shape index (κ1) is 19.3. The van der Waals surface area contributed by atoms with Crippen LogP contribution in [0.5, 0.6) is 0 Å². The van der Waals surface area contributed by atoms with Gasteiger partial charge in [-0.15, -0.1) is 0 Å². The predicted molar refractivity (Wildman–Crippen MR) is 92.8 cm³/mol. The van der Waals surface area contributed by atoms with E-state index in [1.807, 2.05) is 30.4 Å². The largest absolute Gasteiger partial charge is 0.405 e. The molecule has 3 heterocycles. The van der Waals surface area contributed by atoms with Gasteiger partial charge in [-0.25, -0.2) is 0 Å². The Morgan fingerprint density at radius 1 is 1.26 bits per heavy atom. The summed E-state index contributed by atoms with van der Waals surface area (Å²) in [6, 6.07) is 7.48. The Kier molecular flexibility index (Phi) is 5.50. The van der Waals surface area contributed by atoms with E-state index in [9.17, 15) is 18.0 Å². The number of hydrogen-bond acceptors (Lipinski definition) is 4. The van der Waals surface area contributed by atoms with Crippen molar-refractivity contribution in [3.63, 3.8) is 0 Å². The Labute approximate surface area is 155 Å². The highest BCUT2D eigenvalue weighted by Crippen LogP contribution is 2.31. The zero-order valence-electron chi connectivity index (χ0n) is 15.0. The van der Waals surface area contributed by atoms with E-state index >= 15 is 0 Å². The fourth-order valence-corrected chi connectivity index (χ4v) is 3.42. The van der Waals surface area contributed by atoms with Crippen LogP contribution in [0.25, 0.3) is 0 Å². The zero-order chi connectivity index (χ0) is 19.5. The molecule has 9 heteroatoms. The molecule has 2 aromatic rings. The molecule has 1 saturated heterocycles. The number of carbonyl (C=O) groups is 1. The first-order chi connectivity index (χ1) is 12.8. The van der Waals surface area contributed by atoms with Crippen molar-refractivity contribution in [1.29, 1.82) is 0 Å². The molecule has 1 N–H and O–H groups in total. The van der Waals surface area contributed by atoms with Gasteiger partial charge in [-0.3, -0.25) is 19.4 Å². The summed E-state index contributed by atoms with van der Waals surface area (Å²) in [5.74, 6) is -0.642. The highest BCUT2D eigenvalue weighted by molar-refractivity contribution is 5.84. The summed E-state index contributed by atoms with van der Waals surface area (Å²) in [6.07, 6.45) is -0.528. The van der Waals surface area contributed by atoms with Gasteiger partial charge >= 0.3 is 6.18 Å². The maximum atomic E-state index is 12.7. The molecular formula is C18H22F3N5O. The Morgan fingerprint density at radius 3 is 2.59 bits per heavy atom. The Hall–Kier alpha value is -2.42. The topological polar surface area (TPSA) is 63.1 Å². The molecule has 0 aliphatic carbocycles. The summed E-state index contributed by atoms with van der Waals surface area (Å²) in [5.41, 5.74) is 0.760. The fraction of sp³-hybridized carbons (Fsp3) is 0.500. The second-order valence-corrected chi connectivity index (χ2v) is 6.83. The third kappa shape index (κ3) is 4.65. The molecule has 146 valence electrons. The lowest BCUT2D eigenvalue weighted by molar-refractivity contribution is -0.146. The molecule has 6 nitrogen and oxygen atoms in total. The van der Waals surface area contributed by atoms with Crippen LogP contribution in [-0.2, 0) is 16.9 Å². The van der Waals surface area contributed by atoms with Gasteiger partial charge in [-0.2, -0.15) is 18.3 Å². The van der Waals surface area contributed by atoms with Crippen molar-refractivity contribution in [2.24, 2.45) is 0 Å². The van der Waals surface area contributed by atoms with E-state index in [2.05, 4.69) is 15.0 Å². The first-order valence-electron chi connectivity index (χ1n) is 8.79. The van der Waals surface area contributed by atoms with Crippen LogP contribution in [0.15, 0.2) is 36.7 Å². The highest BCUT2D eigenvalue weighted by atomic mass is 19.4. The second-order valence-electron chi connectivity index (χ2n) is 6.83. The van der Waals surface area contributed by atoms with Crippen molar-refractivity contribution >= 4 is 5.91 Å². The van der Waals surface area contributed by atoms with Crippen LogP contribution in [0.4, 0.5) is 13.2 Å². The van der Waals surface area contributed by atoms with E-state index < -0.39 is 24.2 Å². The molecule has 3 rings (SSSR count). The summed E-state index contributed by atoms with van der Waals surface area (Å²) in [4.78, 5) is 19.3. The quantitative estimate of drug-likeness (QED) is 0.863. The Morgan fingerprint density at radius 2 is 2.00 bits per heavy atom. The predicted octanol–water partition coefficient (Wildman–Crippen LogP) is 2.26. The number of aryl methyl sites for hydroxylation is 1. The summed E-state index contributed by atoms with van der Waals surface area (Å²) in [7, 11) is 0. The number of carbonyl (C=O) groups excluding carboxylic acids is 1. The number of halogens is 3. The maximum absolute atomic E-state index is 12.7. The van der Waals surface area contributed by atoms with Crippen LogP contribution < -0.4 is 5.32 Å². The Balaban J connectivity index is 1.70. The molecule has 0 spiro atoms. The van der Waals surface area contributed by atoms with E-state index in [0.717, 1.165) is 11.4 Å². The van der Waals surface area contributed by atoms with Crippen LogP contribution >= 0.6 is 0 Å². The molecule has 0 aromatic carbocycles. The summed E-state index contributed by atoms with van der Waals surface area (Å²) in [6.45, 7) is 2.35. The van der Waals surface area contributed by atoms with Crippen LogP contribution in [0, 0.1) is 6.92 Å². The van der Waals surface area contributed by atoms with Crippen molar-refractivity contribution in [3.05, 3.63) is 48.0 Å². The summed E-state index contributed by atoms with van der Waals surface area (Å²) < 4.78 is 39.1. The number of amides is 1. The molecule has 0 bridgehead atoms. The van der Waals surface area contributed by atoms with Crippen molar-refractivity contribution in [1.82, 2.24) is 25.0 Å².